The molecule has 2 atom stereocenters. The lowest BCUT2D eigenvalue weighted by atomic mass is 10.0. The van der Waals surface area contributed by atoms with Crippen LogP contribution in [0, 0.1) is 0 Å². The zero-order valence-corrected chi connectivity index (χ0v) is 16.9. The monoisotopic (exact) mass is 389 g/mol. The molecule has 1 fully saturated rings. The van der Waals surface area contributed by atoms with E-state index in [0.29, 0.717) is 11.0 Å². The maximum Gasteiger partial charge on any atom is 0.208 e. The van der Waals surface area contributed by atoms with Crippen molar-refractivity contribution in [3.8, 4) is 5.75 Å². The van der Waals surface area contributed by atoms with Crippen molar-refractivity contribution in [3.05, 3.63) is 34.3 Å². The molecule has 2 aliphatic heterocycles. The Hall–Kier alpha value is -1.74. The molecule has 1 aromatic carbocycles. The van der Waals surface area contributed by atoms with E-state index in [9.17, 15) is 5.11 Å². The Labute approximate surface area is 164 Å². The van der Waals surface area contributed by atoms with E-state index in [1.807, 2.05) is 14.1 Å². The van der Waals surface area contributed by atoms with Crippen LogP contribution < -0.4 is 9.64 Å². The Morgan fingerprint density at radius 3 is 2.70 bits per heavy atom. The largest absolute Gasteiger partial charge is 0.493 e. The van der Waals surface area contributed by atoms with Gasteiger partial charge in [-0.05, 0) is 38.2 Å². The molecule has 0 saturated carbocycles. The smallest absolute Gasteiger partial charge is 0.208 e. The van der Waals surface area contributed by atoms with Gasteiger partial charge in [-0.1, -0.05) is 23.5 Å². The number of aliphatic hydroxyl groups excluding tert-OH is 1. The summed E-state index contributed by atoms with van der Waals surface area (Å²) in [4.78, 5) is 6.49. The first-order valence-corrected chi connectivity index (χ1v) is 10.3. The molecule has 4 rings (SSSR count). The van der Waals surface area contributed by atoms with Crippen LogP contribution in [0.4, 0.5) is 5.13 Å². The molecule has 3 heterocycles. The number of piperazine rings is 1. The summed E-state index contributed by atoms with van der Waals surface area (Å²) in [5.74, 6) is 1.05. The fourth-order valence-corrected chi connectivity index (χ4v) is 4.61. The zero-order chi connectivity index (χ0) is 19.0. The van der Waals surface area contributed by atoms with Gasteiger partial charge in [-0.3, -0.25) is 9.80 Å². The minimum Gasteiger partial charge on any atom is -0.493 e. The number of hydrogen-bond donors (Lipinski definition) is 1. The summed E-state index contributed by atoms with van der Waals surface area (Å²) < 4.78 is 5.73. The lowest BCUT2D eigenvalue weighted by Gasteiger charge is -2.38. The van der Waals surface area contributed by atoms with E-state index >= 15 is 0 Å². The Morgan fingerprint density at radius 1 is 1.19 bits per heavy atom. The standard InChI is InChI=1S/C19H27N5O2S/c1-13(15-5-4-14-6-11-26-16(14)12-15)23-7-9-24(10-8-23)19-21-20-17(27-19)18(25)22(2)3/h4-5,12-13,18,25H,6-11H2,1-3H3. The summed E-state index contributed by atoms with van der Waals surface area (Å²) >= 11 is 1.47. The summed E-state index contributed by atoms with van der Waals surface area (Å²) in [5.41, 5.74) is 2.64. The molecule has 0 amide bonds. The topological polar surface area (TPSA) is 65.0 Å². The van der Waals surface area contributed by atoms with Crippen molar-refractivity contribution in [1.29, 1.82) is 0 Å². The summed E-state index contributed by atoms with van der Waals surface area (Å²) in [7, 11) is 3.66. The summed E-state index contributed by atoms with van der Waals surface area (Å²) in [5, 5.41) is 20.1. The summed E-state index contributed by atoms with van der Waals surface area (Å²) in [6.07, 6.45) is 0.328. The molecule has 0 bridgehead atoms. The average molecular weight is 390 g/mol. The molecule has 7 nitrogen and oxygen atoms in total. The number of rotatable bonds is 5. The molecule has 1 aromatic heterocycles. The molecule has 2 unspecified atom stereocenters. The fraction of sp³-hybridized carbons (Fsp3) is 0.579. The van der Waals surface area contributed by atoms with Crippen LogP contribution in [-0.2, 0) is 6.42 Å². The van der Waals surface area contributed by atoms with Gasteiger partial charge in [-0.2, -0.15) is 0 Å². The maximum absolute atomic E-state index is 10.1. The third-order valence-corrected chi connectivity index (χ3v) is 6.50. The van der Waals surface area contributed by atoms with Crippen molar-refractivity contribution in [1.82, 2.24) is 20.0 Å². The van der Waals surface area contributed by atoms with Gasteiger partial charge >= 0.3 is 0 Å². The third-order valence-electron chi connectivity index (χ3n) is 5.48. The summed E-state index contributed by atoms with van der Waals surface area (Å²) in [6, 6.07) is 7.02. The van der Waals surface area contributed by atoms with Crippen LogP contribution in [0.3, 0.4) is 0 Å². The van der Waals surface area contributed by atoms with Gasteiger partial charge in [-0.15, -0.1) is 10.2 Å². The number of hydrogen-bond acceptors (Lipinski definition) is 8. The number of anilines is 1. The molecular weight excluding hydrogens is 362 g/mol. The zero-order valence-electron chi connectivity index (χ0n) is 16.1. The second kappa shape index (κ2) is 7.71. The van der Waals surface area contributed by atoms with Gasteiger partial charge in [0.15, 0.2) is 11.2 Å². The molecular formula is C19H27N5O2S. The Balaban J connectivity index is 1.37. The van der Waals surface area contributed by atoms with Crippen molar-refractivity contribution >= 4 is 16.5 Å². The van der Waals surface area contributed by atoms with Gasteiger partial charge in [0.1, 0.15) is 5.75 Å². The van der Waals surface area contributed by atoms with Crippen LogP contribution in [-0.4, -0.2) is 72.0 Å². The molecule has 146 valence electrons. The molecule has 1 saturated heterocycles. The highest BCUT2D eigenvalue weighted by molar-refractivity contribution is 7.15. The Bertz CT molecular complexity index is 788. The predicted octanol–water partition coefficient (Wildman–Crippen LogP) is 1.91. The number of nitrogens with zero attached hydrogens (tertiary/aromatic N) is 5. The van der Waals surface area contributed by atoms with E-state index in [0.717, 1.165) is 50.1 Å². The van der Waals surface area contributed by atoms with E-state index in [1.54, 1.807) is 4.90 Å². The van der Waals surface area contributed by atoms with Gasteiger partial charge in [0.05, 0.1) is 6.61 Å². The first-order chi connectivity index (χ1) is 13.0. The minimum atomic E-state index is -0.695. The van der Waals surface area contributed by atoms with Crippen molar-refractivity contribution in [2.45, 2.75) is 25.6 Å². The normalized spacial score (nSPS) is 19.8. The van der Waals surface area contributed by atoms with E-state index in [4.69, 9.17) is 4.74 Å². The van der Waals surface area contributed by atoms with Crippen LogP contribution >= 0.6 is 11.3 Å². The third kappa shape index (κ3) is 3.80. The number of fused-ring (bicyclic) bond motifs is 1. The minimum absolute atomic E-state index is 0.363. The average Bonchev–Trinajstić information content (AvgIpc) is 3.35. The number of aliphatic hydroxyl groups is 1. The predicted molar refractivity (Wildman–Crippen MR) is 106 cm³/mol. The lowest BCUT2D eigenvalue weighted by molar-refractivity contribution is 0.0388. The highest BCUT2D eigenvalue weighted by Gasteiger charge is 2.26. The number of ether oxygens (including phenoxy) is 1. The molecule has 8 heteroatoms. The van der Waals surface area contributed by atoms with Crippen LogP contribution in [0.2, 0.25) is 0 Å². The molecule has 0 radical (unpaired) electrons. The highest BCUT2D eigenvalue weighted by atomic mass is 32.1. The van der Waals surface area contributed by atoms with Crippen molar-refractivity contribution < 1.29 is 9.84 Å². The van der Waals surface area contributed by atoms with Crippen LogP contribution in [0.1, 0.15) is 35.3 Å². The van der Waals surface area contributed by atoms with Crippen molar-refractivity contribution in [2.24, 2.45) is 0 Å². The number of benzene rings is 1. The first kappa shape index (κ1) is 18.6. The Kier molecular flexibility index (Phi) is 5.32. The molecule has 2 aliphatic rings. The molecule has 0 aliphatic carbocycles. The van der Waals surface area contributed by atoms with Gasteiger partial charge in [0.2, 0.25) is 5.13 Å². The molecule has 0 spiro atoms. The second-order valence-electron chi connectivity index (χ2n) is 7.42. The molecule has 2 aromatic rings. The van der Waals surface area contributed by atoms with Crippen LogP contribution in [0.5, 0.6) is 5.75 Å². The molecule has 27 heavy (non-hydrogen) atoms. The van der Waals surface area contributed by atoms with E-state index < -0.39 is 6.23 Å². The Morgan fingerprint density at radius 2 is 1.96 bits per heavy atom. The van der Waals surface area contributed by atoms with Crippen molar-refractivity contribution in [2.75, 3.05) is 51.8 Å². The first-order valence-electron chi connectivity index (χ1n) is 9.45. The van der Waals surface area contributed by atoms with E-state index in [-0.39, 0.29) is 0 Å². The van der Waals surface area contributed by atoms with Crippen LogP contribution in [0.15, 0.2) is 18.2 Å². The SMILES string of the molecule is CC(c1ccc2c(c1)OCC2)N1CCN(c2nnc(C(O)N(C)C)s2)CC1. The fourth-order valence-electron chi connectivity index (χ4n) is 3.63. The quantitative estimate of drug-likeness (QED) is 0.784. The van der Waals surface area contributed by atoms with Crippen LogP contribution in [0.25, 0.3) is 0 Å². The lowest BCUT2D eigenvalue weighted by Crippen LogP contribution is -2.47. The highest BCUT2D eigenvalue weighted by Crippen LogP contribution is 2.32. The molecule has 1 N–H and O–H groups in total. The van der Waals surface area contributed by atoms with E-state index in [2.05, 4.69) is 45.1 Å². The van der Waals surface area contributed by atoms with Gasteiger partial charge in [0, 0.05) is 38.6 Å². The maximum atomic E-state index is 10.1. The summed E-state index contributed by atoms with van der Waals surface area (Å²) in [6.45, 7) is 6.85. The van der Waals surface area contributed by atoms with Gasteiger partial charge in [0.25, 0.3) is 0 Å². The van der Waals surface area contributed by atoms with E-state index in [1.165, 1.54) is 22.5 Å². The van der Waals surface area contributed by atoms with Gasteiger partial charge < -0.3 is 14.7 Å². The van der Waals surface area contributed by atoms with Gasteiger partial charge in [-0.25, -0.2) is 0 Å². The number of aromatic nitrogens is 2. The van der Waals surface area contributed by atoms with Crippen molar-refractivity contribution in [3.63, 3.8) is 0 Å². The second-order valence-corrected chi connectivity index (χ2v) is 8.41.